The molecule has 0 saturated carbocycles. The van der Waals surface area contributed by atoms with E-state index < -0.39 is 0 Å². The zero-order chi connectivity index (χ0) is 13.3. The molecule has 1 aliphatic rings. The summed E-state index contributed by atoms with van der Waals surface area (Å²) in [7, 11) is 0. The normalized spacial score (nSPS) is 19.9. The third kappa shape index (κ3) is 2.75. The maximum atomic E-state index is 12.3. The first kappa shape index (κ1) is 13.5. The van der Waals surface area contributed by atoms with Gasteiger partial charge in [0, 0.05) is 13.1 Å². The number of piperidine rings is 1. The van der Waals surface area contributed by atoms with Gasteiger partial charge in [0.05, 0.1) is 14.6 Å². The van der Waals surface area contributed by atoms with Gasteiger partial charge in [0.15, 0.2) is 0 Å². The smallest absolute Gasteiger partial charge is 0.263 e. The first-order valence-corrected chi connectivity index (χ1v) is 7.44. The van der Waals surface area contributed by atoms with Crippen molar-refractivity contribution < 1.29 is 9.59 Å². The number of hydrogen-bond acceptors (Lipinski definition) is 3. The molecular formula is C12H15BrN2O2S. The first-order valence-electron chi connectivity index (χ1n) is 5.83. The fourth-order valence-electron chi connectivity index (χ4n) is 2.11. The van der Waals surface area contributed by atoms with Gasteiger partial charge >= 0.3 is 0 Å². The molecule has 0 aliphatic carbocycles. The van der Waals surface area contributed by atoms with Gasteiger partial charge in [-0.3, -0.25) is 9.59 Å². The number of carbonyl (C=O) groups excluding carboxylic acids is 2. The highest BCUT2D eigenvalue weighted by Gasteiger charge is 2.28. The lowest BCUT2D eigenvalue weighted by Gasteiger charge is -2.30. The van der Waals surface area contributed by atoms with E-state index in [1.165, 1.54) is 11.3 Å². The predicted molar refractivity (Wildman–Crippen MR) is 74.6 cm³/mol. The van der Waals surface area contributed by atoms with E-state index in [1.54, 1.807) is 4.90 Å². The molecule has 1 aliphatic heterocycles. The SMILES string of the molecule is Cc1cc(C(=O)N2CCCC(C(N)=O)C2)sc1Br. The van der Waals surface area contributed by atoms with Crippen LogP contribution in [0.15, 0.2) is 9.85 Å². The molecule has 0 radical (unpaired) electrons. The zero-order valence-corrected chi connectivity index (χ0v) is 12.5. The van der Waals surface area contributed by atoms with Gasteiger partial charge in [-0.15, -0.1) is 11.3 Å². The minimum atomic E-state index is -0.309. The third-order valence-corrected chi connectivity index (χ3v) is 5.30. The van der Waals surface area contributed by atoms with Crippen molar-refractivity contribution in [3.8, 4) is 0 Å². The van der Waals surface area contributed by atoms with E-state index in [9.17, 15) is 9.59 Å². The van der Waals surface area contributed by atoms with Crippen LogP contribution in [-0.2, 0) is 4.79 Å². The monoisotopic (exact) mass is 330 g/mol. The van der Waals surface area contributed by atoms with Crippen LogP contribution >= 0.6 is 27.3 Å². The number of rotatable bonds is 2. The fourth-order valence-corrected chi connectivity index (χ4v) is 3.62. The average Bonchev–Trinajstić information content (AvgIpc) is 2.69. The summed E-state index contributed by atoms with van der Waals surface area (Å²) in [4.78, 5) is 25.9. The standard InChI is InChI=1S/C12H15BrN2O2S/c1-7-5-9(18-10(7)13)12(17)15-4-2-3-8(6-15)11(14)16/h5,8H,2-4,6H2,1H3,(H2,14,16). The number of aryl methyl sites for hydroxylation is 1. The Balaban J connectivity index is 2.11. The number of likely N-dealkylation sites (tertiary alicyclic amines) is 1. The molecule has 2 amide bonds. The number of nitrogens with two attached hydrogens (primary N) is 1. The summed E-state index contributed by atoms with van der Waals surface area (Å²) in [6.07, 6.45) is 1.62. The van der Waals surface area contributed by atoms with E-state index in [1.807, 2.05) is 13.0 Å². The first-order chi connectivity index (χ1) is 8.49. The average molecular weight is 331 g/mol. The Labute approximate surface area is 118 Å². The fraction of sp³-hybridized carbons (Fsp3) is 0.500. The maximum Gasteiger partial charge on any atom is 0.263 e. The summed E-state index contributed by atoms with van der Waals surface area (Å²) < 4.78 is 0.981. The molecule has 1 aromatic heterocycles. The molecule has 1 fully saturated rings. The Morgan fingerprint density at radius 3 is 2.83 bits per heavy atom. The molecule has 0 bridgehead atoms. The maximum absolute atomic E-state index is 12.3. The Hall–Kier alpha value is -0.880. The van der Waals surface area contributed by atoms with E-state index in [2.05, 4.69) is 15.9 Å². The van der Waals surface area contributed by atoms with Crippen LogP contribution in [0.5, 0.6) is 0 Å². The van der Waals surface area contributed by atoms with Crippen LogP contribution in [0.3, 0.4) is 0 Å². The molecule has 4 nitrogen and oxygen atoms in total. The Kier molecular flexibility index (Phi) is 4.07. The summed E-state index contributed by atoms with van der Waals surface area (Å²) in [6.45, 7) is 3.11. The Morgan fingerprint density at radius 2 is 2.28 bits per heavy atom. The molecule has 2 heterocycles. The Bertz CT molecular complexity index is 467. The van der Waals surface area contributed by atoms with Crippen molar-refractivity contribution in [3.05, 3.63) is 20.3 Å². The summed E-state index contributed by atoms with van der Waals surface area (Å²) >= 11 is 4.85. The highest BCUT2D eigenvalue weighted by molar-refractivity contribution is 9.11. The molecule has 1 saturated heterocycles. The molecule has 1 atom stereocenters. The van der Waals surface area contributed by atoms with Crippen molar-refractivity contribution in [3.63, 3.8) is 0 Å². The predicted octanol–water partition coefficient (Wildman–Crippen LogP) is 2.16. The van der Waals surface area contributed by atoms with Crippen LogP contribution in [0.2, 0.25) is 0 Å². The molecule has 98 valence electrons. The van der Waals surface area contributed by atoms with Crippen LogP contribution in [0.1, 0.15) is 28.1 Å². The van der Waals surface area contributed by atoms with E-state index in [0.29, 0.717) is 18.0 Å². The summed E-state index contributed by atoms with van der Waals surface area (Å²) in [5.74, 6) is -0.511. The number of thiophene rings is 1. The second-order valence-corrected chi connectivity index (χ2v) is 6.93. The van der Waals surface area contributed by atoms with Crippen LogP contribution in [0, 0.1) is 12.8 Å². The molecule has 2 N–H and O–H groups in total. The molecular weight excluding hydrogens is 316 g/mol. The van der Waals surface area contributed by atoms with E-state index >= 15 is 0 Å². The summed E-state index contributed by atoms with van der Waals surface area (Å²) in [6, 6.07) is 1.88. The number of hydrogen-bond donors (Lipinski definition) is 1. The lowest BCUT2D eigenvalue weighted by Crippen LogP contribution is -2.43. The molecule has 2 rings (SSSR count). The van der Waals surface area contributed by atoms with Crippen LogP contribution < -0.4 is 5.73 Å². The quantitative estimate of drug-likeness (QED) is 0.903. The molecule has 0 spiro atoms. The number of amides is 2. The lowest BCUT2D eigenvalue weighted by atomic mass is 9.97. The van der Waals surface area contributed by atoms with Crippen molar-refractivity contribution in [1.82, 2.24) is 4.90 Å². The zero-order valence-electron chi connectivity index (χ0n) is 10.1. The van der Waals surface area contributed by atoms with Crippen LogP contribution in [-0.4, -0.2) is 29.8 Å². The minimum Gasteiger partial charge on any atom is -0.369 e. The highest BCUT2D eigenvalue weighted by atomic mass is 79.9. The number of halogens is 1. The lowest BCUT2D eigenvalue weighted by molar-refractivity contribution is -0.123. The van der Waals surface area contributed by atoms with Gasteiger partial charge in [0.25, 0.3) is 5.91 Å². The van der Waals surface area contributed by atoms with Gasteiger partial charge in [0.2, 0.25) is 5.91 Å². The molecule has 0 aromatic carbocycles. The van der Waals surface area contributed by atoms with Gasteiger partial charge in [-0.25, -0.2) is 0 Å². The molecule has 18 heavy (non-hydrogen) atoms. The van der Waals surface area contributed by atoms with Crippen molar-refractivity contribution >= 4 is 39.1 Å². The van der Waals surface area contributed by atoms with Crippen molar-refractivity contribution in [2.75, 3.05) is 13.1 Å². The van der Waals surface area contributed by atoms with Gasteiger partial charge < -0.3 is 10.6 Å². The van der Waals surface area contributed by atoms with Crippen molar-refractivity contribution in [1.29, 1.82) is 0 Å². The van der Waals surface area contributed by atoms with E-state index in [4.69, 9.17) is 5.73 Å². The molecule has 6 heteroatoms. The largest absolute Gasteiger partial charge is 0.369 e. The number of nitrogens with zero attached hydrogens (tertiary/aromatic N) is 1. The third-order valence-electron chi connectivity index (χ3n) is 3.18. The minimum absolute atomic E-state index is 0.000231. The second kappa shape index (κ2) is 5.40. The number of carbonyl (C=O) groups is 2. The van der Waals surface area contributed by atoms with Crippen molar-refractivity contribution in [2.45, 2.75) is 19.8 Å². The number of primary amides is 1. The molecule has 1 aromatic rings. The van der Waals surface area contributed by atoms with Gasteiger partial charge in [-0.2, -0.15) is 0 Å². The van der Waals surface area contributed by atoms with E-state index in [-0.39, 0.29) is 17.7 Å². The summed E-state index contributed by atoms with van der Waals surface area (Å²) in [5.41, 5.74) is 6.38. The highest BCUT2D eigenvalue weighted by Crippen LogP contribution is 2.29. The topological polar surface area (TPSA) is 63.4 Å². The summed E-state index contributed by atoms with van der Waals surface area (Å²) in [5, 5.41) is 0. The van der Waals surface area contributed by atoms with Gasteiger partial charge in [-0.1, -0.05) is 0 Å². The second-order valence-electron chi connectivity index (χ2n) is 4.56. The van der Waals surface area contributed by atoms with E-state index in [0.717, 1.165) is 22.2 Å². The Morgan fingerprint density at radius 1 is 1.56 bits per heavy atom. The molecule has 1 unspecified atom stereocenters. The van der Waals surface area contributed by atoms with Gasteiger partial charge in [0.1, 0.15) is 0 Å². The van der Waals surface area contributed by atoms with Crippen LogP contribution in [0.4, 0.5) is 0 Å². The van der Waals surface area contributed by atoms with Crippen molar-refractivity contribution in [2.24, 2.45) is 11.7 Å². The van der Waals surface area contributed by atoms with Gasteiger partial charge in [-0.05, 0) is 47.3 Å². The van der Waals surface area contributed by atoms with Crippen LogP contribution in [0.25, 0.3) is 0 Å².